The summed E-state index contributed by atoms with van der Waals surface area (Å²) in [5.74, 6) is 1.30. The minimum absolute atomic E-state index is 0.551. The molecular formula is C19H23NO4S. The molecule has 0 spiro atoms. The first-order valence-electron chi connectivity index (χ1n) is 8.46. The summed E-state index contributed by atoms with van der Waals surface area (Å²) in [4.78, 5) is 14.9. The highest BCUT2D eigenvalue weighted by Gasteiger charge is 2.14. The lowest BCUT2D eigenvalue weighted by Gasteiger charge is -2.26. The fourth-order valence-corrected chi connectivity index (χ4v) is 3.63. The van der Waals surface area contributed by atoms with Gasteiger partial charge in [-0.1, -0.05) is 6.07 Å². The van der Waals surface area contributed by atoms with Crippen LogP contribution in [0.15, 0.2) is 29.6 Å². The molecule has 134 valence electrons. The Kier molecular flexibility index (Phi) is 6.44. The molecule has 0 atom stereocenters. The molecule has 0 radical (unpaired) electrons. The SMILES string of the molecule is COc1cc(OCCCN2CCOCC2)c(C=O)cc1-c1cccs1. The third-order valence-electron chi connectivity index (χ3n) is 4.23. The van der Waals surface area contributed by atoms with Crippen LogP contribution in [0.25, 0.3) is 10.4 Å². The molecule has 0 amide bonds. The first-order valence-corrected chi connectivity index (χ1v) is 9.34. The first-order chi connectivity index (χ1) is 12.3. The lowest BCUT2D eigenvalue weighted by Crippen LogP contribution is -2.37. The summed E-state index contributed by atoms with van der Waals surface area (Å²) >= 11 is 1.62. The van der Waals surface area contributed by atoms with Gasteiger partial charge in [0.15, 0.2) is 6.29 Å². The van der Waals surface area contributed by atoms with Crippen molar-refractivity contribution < 1.29 is 19.0 Å². The number of carbonyl (C=O) groups excluding carboxylic acids is 1. The summed E-state index contributed by atoms with van der Waals surface area (Å²) in [6, 6.07) is 7.65. The summed E-state index contributed by atoms with van der Waals surface area (Å²) in [5, 5.41) is 2.01. The first kappa shape index (κ1) is 17.9. The Balaban J connectivity index is 1.65. The normalized spacial score (nSPS) is 15.1. The molecule has 1 saturated heterocycles. The highest BCUT2D eigenvalue weighted by Crippen LogP contribution is 2.37. The van der Waals surface area contributed by atoms with Gasteiger partial charge in [-0.2, -0.15) is 0 Å². The fraction of sp³-hybridized carbons (Fsp3) is 0.421. The second-order valence-corrected chi connectivity index (χ2v) is 6.79. The predicted molar refractivity (Wildman–Crippen MR) is 99.1 cm³/mol. The van der Waals surface area contributed by atoms with E-state index in [4.69, 9.17) is 14.2 Å². The zero-order valence-electron chi connectivity index (χ0n) is 14.4. The van der Waals surface area contributed by atoms with Crippen LogP contribution in [0, 0.1) is 0 Å². The van der Waals surface area contributed by atoms with Crippen molar-refractivity contribution in [2.24, 2.45) is 0 Å². The van der Waals surface area contributed by atoms with Crippen LogP contribution < -0.4 is 9.47 Å². The average Bonchev–Trinajstić information content (AvgIpc) is 3.20. The van der Waals surface area contributed by atoms with Gasteiger partial charge in [0.25, 0.3) is 0 Å². The number of hydrogen-bond acceptors (Lipinski definition) is 6. The van der Waals surface area contributed by atoms with E-state index in [0.29, 0.717) is 17.9 Å². The van der Waals surface area contributed by atoms with E-state index in [9.17, 15) is 4.79 Å². The molecule has 0 saturated carbocycles. The molecule has 0 aliphatic carbocycles. The number of thiophene rings is 1. The molecule has 0 N–H and O–H groups in total. The number of ether oxygens (including phenoxy) is 3. The lowest BCUT2D eigenvalue weighted by molar-refractivity contribution is 0.0357. The highest BCUT2D eigenvalue weighted by atomic mass is 32.1. The van der Waals surface area contributed by atoms with Crippen LogP contribution >= 0.6 is 11.3 Å². The van der Waals surface area contributed by atoms with Crippen LogP contribution in [0.4, 0.5) is 0 Å². The van der Waals surface area contributed by atoms with Gasteiger partial charge in [-0.25, -0.2) is 0 Å². The van der Waals surface area contributed by atoms with Crippen molar-refractivity contribution in [1.82, 2.24) is 4.90 Å². The number of benzene rings is 1. The molecule has 2 aromatic rings. The molecule has 0 bridgehead atoms. The number of hydrogen-bond donors (Lipinski definition) is 0. The second-order valence-electron chi connectivity index (χ2n) is 5.84. The van der Waals surface area contributed by atoms with Crippen molar-refractivity contribution >= 4 is 17.6 Å². The monoisotopic (exact) mass is 361 g/mol. The van der Waals surface area contributed by atoms with Gasteiger partial charge in [0.05, 0.1) is 32.5 Å². The minimum Gasteiger partial charge on any atom is -0.496 e. The van der Waals surface area contributed by atoms with Crippen LogP contribution in [-0.4, -0.2) is 57.8 Å². The molecule has 25 heavy (non-hydrogen) atoms. The van der Waals surface area contributed by atoms with Crippen LogP contribution in [0.2, 0.25) is 0 Å². The van der Waals surface area contributed by atoms with Gasteiger partial charge in [-0.3, -0.25) is 9.69 Å². The molecule has 5 nitrogen and oxygen atoms in total. The van der Waals surface area contributed by atoms with E-state index in [1.165, 1.54) is 0 Å². The zero-order valence-corrected chi connectivity index (χ0v) is 15.2. The third-order valence-corrected chi connectivity index (χ3v) is 5.13. The molecule has 1 aliphatic heterocycles. The maximum Gasteiger partial charge on any atom is 0.153 e. The Morgan fingerprint density at radius 2 is 2.12 bits per heavy atom. The Morgan fingerprint density at radius 1 is 1.28 bits per heavy atom. The predicted octanol–water partition coefficient (Wildman–Crippen LogP) is 3.34. The largest absolute Gasteiger partial charge is 0.496 e. The molecule has 6 heteroatoms. The second kappa shape index (κ2) is 8.99. The summed E-state index contributed by atoms with van der Waals surface area (Å²) in [7, 11) is 1.63. The number of nitrogens with zero attached hydrogens (tertiary/aromatic N) is 1. The molecule has 3 rings (SSSR count). The molecule has 2 heterocycles. The summed E-state index contributed by atoms with van der Waals surface area (Å²) in [5.41, 5.74) is 1.47. The third kappa shape index (κ3) is 4.60. The van der Waals surface area contributed by atoms with E-state index < -0.39 is 0 Å². The van der Waals surface area contributed by atoms with E-state index in [1.807, 2.05) is 29.6 Å². The molecule has 1 aliphatic rings. The van der Waals surface area contributed by atoms with E-state index in [1.54, 1.807) is 18.4 Å². The van der Waals surface area contributed by atoms with Crippen LogP contribution in [-0.2, 0) is 4.74 Å². The Hall–Kier alpha value is -1.89. The van der Waals surface area contributed by atoms with E-state index in [0.717, 1.165) is 61.7 Å². The summed E-state index contributed by atoms with van der Waals surface area (Å²) in [6.07, 6.45) is 1.75. The van der Waals surface area contributed by atoms with Crippen LogP contribution in [0.3, 0.4) is 0 Å². The van der Waals surface area contributed by atoms with Gasteiger partial charge < -0.3 is 14.2 Å². The molecule has 1 aromatic carbocycles. The van der Waals surface area contributed by atoms with Gasteiger partial charge in [0.2, 0.25) is 0 Å². The molecular weight excluding hydrogens is 338 g/mol. The van der Waals surface area contributed by atoms with Gasteiger partial charge in [-0.15, -0.1) is 11.3 Å². The van der Waals surface area contributed by atoms with Gasteiger partial charge >= 0.3 is 0 Å². The topological polar surface area (TPSA) is 48.0 Å². The van der Waals surface area contributed by atoms with Crippen molar-refractivity contribution in [3.05, 3.63) is 35.2 Å². The van der Waals surface area contributed by atoms with Gasteiger partial charge in [-0.05, 0) is 23.9 Å². The van der Waals surface area contributed by atoms with Crippen molar-refractivity contribution in [2.45, 2.75) is 6.42 Å². The highest BCUT2D eigenvalue weighted by molar-refractivity contribution is 7.13. The Bertz CT molecular complexity index is 681. The number of methoxy groups -OCH3 is 1. The number of rotatable bonds is 8. The Morgan fingerprint density at radius 3 is 2.80 bits per heavy atom. The summed E-state index contributed by atoms with van der Waals surface area (Å²) in [6.45, 7) is 5.10. The van der Waals surface area contributed by atoms with Crippen molar-refractivity contribution in [3.8, 4) is 21.9 Å². The van der Waals surface area contributed by atoms with Crippen molar-refractivity contribution in [3.63, 3.8) is 0 Å². The summed E-state index contributed by atoms with van der Waals surface area (Å²) < 4.78 is 16.7. The minimum atomic E-state index is 0.551. The number of aldehydes is 1. The lowest BCUT2D eigenvalue weighted by atomic mass is 10.1. The number of morpholine rings is 1. The molecule has 1 aromatic heterocycles. The fourth-order valence-electron chi connectivity index (χ4n) is 2.88. The van der Waals surface area contributed by atoms with E-state index in [2.05, 4.69) is 4.90 Å². The molecule has 0 unspecified atom stereocenters. The van der Waals surface area contributed by atoms with Crippen LogP contribution in [0.1, 0.15) is 16.8 Å². The van der Waals surface area contributed by atoms with Crippen molar-refractivity contribution in [2.75, 3.05) is 46.6 Å². The molecule has 1 fully saturated rings. The van der Waals surface area contributed by atoms with E-state index in [-0.39, 0.29) is 0 Å². The zero-order chi connectivity index (χ0) is 17.5. The quantitative estimate of drug-likeness (QED) is 0.533. The Labute approximate surface area is 152 Å². The number of carbonyl (C=O) groups is 1. The standard InChI is InChI=1S/C19H23NO4S/c1-22-18-13-17(24-8-3-5-20-6-9-23-10-7-20)15(14-21)12-16(18)19-4-2-11-25-19/h2,4,11-14H,3,5-10H2,1H3. The van der Waals surface area contributed by atoms with Crippen molar-refractivity contribution in [1.29, 1.82) is 0 Å². The average molecular weight is 361 g/mol. The van der Waals surface area contributed by atoms with Gasteiger partial charge in [0, 0.05) is 36.1 Å². The van der Waals surface area contributed by atoms with Gasteiger partial charge in [0.1, 0.15) is 11.5 Å². The van der Waals surface area contributed by atoms with Crippen LogP contribution in [0.5, 0.6) is 11.5 Å². The maximum absolute atomic E-state index is 11.5. The maximum atomic E-state index is 11.5. The smallest absolute Gasteiger partial charge is 0.153 e. The van der Waals surface area contributed by atoms with E-state index >= 15 is 0 Å².